The lowest BCUT2D eigenvalue weighted by atomic mass is 9.74. The molecule has 1 atom stereocenters. The highest BCUT2D eigenvalue weighted by Crippen LogP contribution is 2.42. The summed E-state index contributed by atoms with van der Waals surface area (Å²) in [5.41, 5.74) is -0.192. The maximum atomic E-state index is 15.6. The van der Waals surface area contributed by atoms with E-state index in [-0.39, 0.29) is 35.8 Å². The van der Waals surface area contributed by atoms with Crippen molar-refractivity contribution in [3.63, 3.8) is 0 Å². The Morgan fingerprint density at radius 1 is 1.16 bits per heavy atom. The molecule has 3 aromatic rings. The molecule has 1 saturated heterocycles. The van der Waals surface area contributed by atoms with Gasteiger partial charge in [0.1, 0.15) is 35.9 Å². The summed E-state index contributed by atoms with van der Waals surface area (Å²) in [7, 11) is 1.52. The first-order chi connectivity index (χ1) is 17.7. The molecule has 1 aliphatic rings. The van der Waals surface area contributed by atoms with Gasteiger partial charge >= 0.3 is 5.97 Å². The van der Waals surface area contributed by atoms with Crippen molar-refractivity contribution < 1.29 is 32.5 Å². The van der Waals surface area contributed by atoms with Gasteiger partial charge in [0.05, 0.1) is 23.1 Å². The number of carboxylic acids is 1. The summed E-state index contributed by atoms with van der Waals surface area (Å²) in [6.45, 7) is 1.65. The first kappa shape index (κ1) is 27.0. The van der Waals surface area contributed by atoms with E-state index in [4.69, 9.17) is 21.1 Å². The Hall–Kier alpha value is -3.04. The van der Waals surface area contributed by atoms with Gasteiger partial charge in [-0.1, -0.05) is 11.6 Å². The lowest BCUT2D eigenvalue weighted by molar-refractivity contribution is -0.153. The number of fused-ring (bicyclic) bond motifs is 1. The zero-order valence-corrected chi connectivity index (χ0v) is 21.1. The molecule has 1 unspecified atom stereocenters. The normalized spacial score (nSPS) is 16.5. The molecule has 4 rings (SSSR count). The third-order valence-electron chi connectivity index (χ3n) is 7.04. The molecule has 0 radical (unpaired) electrons. The molecule has 0 spiro atoms. The van der Waals surface area contributed by atoms with E-state index in [1.807, 2.05) is 4.90 Å². The van der Waals surface area contributed by atoms with Crippen molar-refractivity contribution in [2.45, 2.75) is 31.9 Å². The number of carboxylic acid groups (broad SMARTS) is 1. The second-order valence-corrected chi connectivity index (χ2v) is 9.70. The van der Waals surface area contributed by atoms with Gasteiger partial charge in [0.2, 0.25) is 0 Å². The number of hydrogen-bond acceptors (Lipinski definition) is 5. The minimum absolute atomic E-state index is 0.00338. The molecule has 1 aliphatic heterocycles. The largest absolute Gasteiger partial charge is 0.497 e. The second kappa shape index (κ2) is 11.6. The number of ether oxygens (including phenoxy) is 2. The van der Waals surface area contributed by atoms with Gasteiger partial charge in [-0.05, 0) is 57.0 Å². The highest BCUT2D eigenvalue weighted by Gasteiger charge is 2.41. The number of carbonyl (C=O) groups is 1. The summed E-state index contributed by atoms with van der Waals surface area (Å²) in [6.07, 6.45) is 0.783. The fourth-order valence-corrected chi connectivity index (χ4v) is 5.11. The number of piperidine rings is 1. The van der Waals surface area contributed by atoms with Gasteiger partial charge in [0.25, 0.3) is 0 Å². The molecule has 1 fully saturated rings. The zero-order chi connectivity index (χ0) is 26.6. The Morgan fingerprint density at radius 2 is 1.86 bits per heavy atom. The molecular weight excluding hydrogens is 509 g/mol. The SMILES string of the molecule is COc1ccc2ncc(Cl)c(C(F)CCC3(C(=O)O)CCN(CCOc4cc(F)cc(F)c4)CC3)c2c1. The second-order valence-electron chi connectivity index (χ2n) is 9.29. The lowest BCUT2D eigenvalue weighted by Crippen LogP contribution is -2.45. The van der Waals surface area contributed by atoms with Crippen LogP contribution in [0.25, 0.3) is 10.9 Å². The van der Waals surface area contributed by atoms with Crippen LogP contribution in [-0.4, -0.2) is 54.3 Å². The smallest absolute Gasteiger partial charge is 0.309 e. The van der Waals surface area contributed by atoms with Crippen LogP contribution >= 0.6 is 11.6 Å². The van der Waals surface area contributed by atoms with E-state index in [1.165, 1.54) is 13.3 Å². The molecule has 1 N–H and O–H groups in total. The van der Waals surface area contributed by atoms with Crippen molar-refractivity contribution in [3.8, 4) is 11.5 Å². The molecule has 1 aromatic heterocycles. The monoisotopic (exact) mass is 536 g/mol. The van der Waals surface area contributed by atoms with Gasteiger partial charge in [0, 0.05) is 41.9 Å². The van der Waals surface area contributed by atoms with Crippen molar-refractivity contribution in [2.24, 2.45) is 5.41 Å². The standard InChI is InChI=1S/C27H28ClF3N2O4/c1-36-19-2-3-24-21(15-19)25(22(28)16-32-24)23(31)4-5-27(26(34)35)6-8-33(9-7-27)10-11-37-20-13-17(29)12-18(30)14-20/h2-3,12-16,23H,4-11H2,1H3,(H,34,35). The van der Waals surface area contributed by atoms with Crippen molar-refractivity contribution >= 4 is 28.5 Å². The molecule has 0 bridgehead atoms. The van der Waals surface area contributed by atoms with Crippen molar-refractivity contribution in [3.05, 3.63) is 64.8 Å². The van der Waals surface area contributed by atoms with Gasteiger partial charge in [-0.2, -0.15) is 0 Å². The minimum Gasteiger partial charge on any atom is -0.497 e. The van der Waals surface area contributed by atoms with Crippen LogP contribution in [0.4, 0.5) is 13.2 Å². The van der Waals surface area contributed by atoms with Crippen LogP contribution in [0.5, 0.6) is 11.5 Å². The number of aliphatic carboxylic acids is 1. The van der Waals surface area contributed by atoms with E-state index < -0.39 is 29.2 Å². The molecule has 2 heterocycles. The summed E-state index contributed by atoms with van der Waals surface area (Å²) in [4.78, 5) is 18.6. The van der Waals surface area contributed by atoms with Crippen LogP contribution in [0, 0.1) is 17.0 Å². The van der Waals surface area contributed by atoms with E-state index in [1.54, 1.807) is 18.2 Å². The number of methoxy groups -OCH3 is 1. The van der Waals surface area contributed by atoms with E-state index >= 15 is 4.39 Å². The molecule has 0 aliphatic carbocycles. The number of halogens is 4. The lowest BCUT2D eigenvalue weighted by Gasteiger charge is -2.39. The first-order valence-corrected chi connectivity index (χ1v) is 12.4. The Morgan fingerprint density at radius 3 is 2.51 bits per heavy atom. The molecule has 6 nitrogen and oxygen atoms in total. The summed E-state index contributed by atoms with van der Waals surface area (Å²) in [6, 6.07) is 8.13. The molecule has 2 aromatic carbocycles. The quantitative estimate of drug-likeness (QED) is 0.332. The van der Waals surface area contributed by atoms with E-state index in [0.717, 1.165) is 18.2 Å². The molecule has 0 saturated carbocycles. The number of aromatic nitrogens is 1. The third kappa shape index (κ3) is 6.27. The van der Waals surface area contributed by atoms with Crippen LogP contribution in [0.3, 0.4) is 0 Å². The Bertz CT molecular complexity index is 1250. The number of hydrogen-bond donors (Lipinski definition) is 1. The van der Waals surface area contributed by atoms with Gasteiger partial charge < -0.3 is 14.6 Å². The summed E-state index contributed by atoms with van der Waals surface area (Å²) in [5.74, 6) is -1.73. The molecule has 37 heavy (non-hydrogen) atoms. The summed E-state index contributed by atoms with van der Waals surface area (Å²) >= 11 is 6.32. The van der Waals surface area contributed by atoms with Crippen molar-refractivity contribution in [1.29, 1.82) is 0 Å². The van der Waals surface area contributed by atoms with Crippen LogP contribution in [-0.2, 0) is 4.79 Å². The van der Waals surface area contributed by atoms with Crippen molar-refractivity contribution in [1.82, 2.24) is 9.88 Å². The number of alkyl halides is 1. The molecule has 198 valence electrons. The number of rotatable bonds is 10. The van der Waals surface area contributed by atoms with Gasteiger partial charge in [-0.15, -0.1) is 0 Å². The molecular formula is C27H28ClF3N2O4. The third-order valence-corrected chi connectivity index (χ3v) is 7.34. The Kier molecular flexibility index (Phi) is 8.44. The number of likely N-dealkylation sites (tertiary alicyclic amines) is 1. The highest BCUT2D eigenvalue weighted by atomic mass is 35.5. The van der Waals surface area contributed by atoms with Crippen LogP contribution < -0.4 is 9.47 Å². The minimum atomic E-state index is -1.47. The Balaban J connectivity index is 1.37. The van der Waals surface area contributed by atoms with E-state index in [2.05, 4.69) is 4.98 Å². The highest BCUT2D eigenvalue weighted by molar-refractivity contribution is 6.32. The number of nitrogens with zero attached hydrogens (tertiary/aromatic N) is 2. The van der Waals surface area contributed by atoms with Crippen LogP contribution in [0.1, 0.15) is 37.4 Å². The van der Waals surface area contributed by atoms with Crippen LogP contribution in [0.15, 0.2) is 42.6 Å². The van der Waals surface area contributed by atoms with Gasteiger partial charge in [-0.3, -0.25) is 14.7 Å². The maximum absolute atomic E-state index is 15.6. The first-order valence-electron chi connectivity index (χ1n) is 12.0. The summed E-state index contributed by atoms with van der Waals surface area (Å²) in [5, 5.41) is 10.8. The van der Waals surface area contributed by atoms with Gasteiger partial charge in [0.15, 0.2) is 0 Å². The fourth-order valence-electron chi connectivity index (χ4n) is 4.84. The van der Waals surface area contributed by atoms with Gasteiger partial charge in [-0.25, -0.2) is 13.2 Å². The predicted molar refractivity (Wildman–Crippen MR) is 134 cm³/mol. The van der Waals surface area contributed by atoms with Crippen LogP contribution in [0.2, 0.25) is 5.02 Å². The average molecular weight is 537 g/mol. The molecule has 10 heteroatoms. The maximum Gasteiger partial charge on any atom is 0.309 e. The fraction of sp³-hybridized carbons (Fsp3) is 0.407. The topological polar surface area (TPSA) is 71.9 Å². The van der Waals surface area contributed by atoms with E-state index in [0.29, 0.717) is 49.1 Å². The summed E-state index contributed by atoms with van der Waals surface area (Å²) < 4.78 is 52.9. The zero-order valence-electron chi connectivity index (χ0n) is 20.4. The average Bonchev–Trinajstić information content (AvgIpc) is 2.87. The Labute approximate surface area is 218 Å². The number of benzene rings is 2. The molecule has 0 amide bonds. The number of pyridine rings is 1. The van der Waals surface area contributed by atoms with E-state index in [9.17, 15) is 18.7 Å². The predicted octanol–water partition coefficient (Wildman–Crippen LogP) is 6.21. The van der Waals surface area contributed by atoms with Crippen molar-refractivity contribution in [2.75, 3.05) is 33.4 Å².